The predicted molar refractivity (Wildman–Crippen MR) is 146 cm³/mol. The molecule has 2 saturated heterocycles. The van der Waals surface area contributed by atoms with E-state index in [0.29, 0.717) is 43.2 Å². The number of amides is 2. The van der Waals surface area contributed by atoms with Crippen molar-refractivity contribution >= 4 is 51.3 Å². The zero-order chi connectivity index (χ0) is 27.7. The van der Waals surface area contributed by atoms with Gasteiger partial charge in [-0.25, -0.2) is 22.7 Å². The van der Waals surface area contributed by atoms with Crippen LogP contribution in [0.5, 0.6) is 0 Å². The standard InChI is InChI=1S/C25H31N7O4S2/c1-17(37-4)24(34)31-15-11-25(10-13-26,12-16-31)32-20-9-14-27-23(33)21(20)22(29-32)28-18-5-7-19(8-6-18)38(35,36)30(2)3/h5-9,14,17,21H,10-12,15-16H2,1-4H3,(H,28,29). The Kier molecular flexibility index (Phi) is 7.96. The third-order valence-corrected chi connectivity index (χ3v) is 9.94. The van der Waals surface area contributed by atoms with Gasteiger partial charge in [-0.15, -0.1) is 0 Å². The predicted octanol–water partition coefficient (Wildman–Crippen LogP) is 1.92. The third-order valence-electron chi connectivity index (χ3n) is 7.20. The zero-order valence-electron chi connectivity index (χ0n) is 21.8. The first-order chi connectivity index (χ1) is 18.0. The Labute approximate surface area is 227 Å². The minimum atomic E-state index is -3.59. The molecule has 11 nitrogen and oxygen atoms in total. The van der Waals surface area contributed by atoms with E-state index in [1.807, 2.05) is 23.1 Å². The molecular formula is C25H31N7O4S2. The molecule has 2 fully saturated rings. The van der Waals surface area contributed by atoms with Crippen LogP contribution in [0.4, 0.5) is 5.69 Å². The quantitative estimate of drug-likeness (QED) is 0.537. The molecule has 2 atom stereocenters. The molecule has 1 N–H and O–H groups in total. The van der Waals surface area contributed by atoms with Crippen LogP contribution in [0.2, 0.25) is 0 Å². The van der Waals surface area contributed by atoms with Crippen molar-refractivity contribution < 1.29 is 18.0 Å². The highest BCUT2D eigenvalue weighted by Gasteiger charge is 2.50. The van der Waals surface area contributed by atoms with E-state index in [0.717, 1.165) is 4.31 Å². The SMILES string of the molecule is CSC(C)C(=O)N1CCC(CC#N)(N2NC(=Nc3ccc(S(=O)(=O)N(C)C)cc3)C3C(=O)N=CC=C32)CC1. The van der Waals surface area contributed by atoms with Gasteiger partial charge in [0, 0.05) is 33.4 Å². The Hall–Kier alpha value is -3.21. The number of aliphatic imine (C=N–C) groups is 2. The van der Waals surface area contributed by atoms with Crippen LogP contribution in [0.25, 0.3) is 0 Å². The number of sulfonamides is 1. The molecule has 0 aliphatic carbocycles. The van der Waals surface area contributed by atoms with Gasteiger partial charge in [0.2, 0.25) is 15.9 Å². The van der Waals surface area contributed by atoms with Gasteiger partial charge in [0.25, 0.3) is 5.91 Å². The number of fused-ring (bicyclic) bond motifs is 1. The summed E-state index contributed by atoms with van der Waals surface area (Å²) in [7, 11) is -0.660. The number of hydrazine groups is 1. The van der Waals surface area contributed by atoms with Crippen LogP contribution in [-0.4, -0.2) is 90.7 Å². The normalized spacial score (nSPS) is 22.6. The fourth-order valence-electron chi connectivity index (χ4n) is 4.84. The Morgan fingerprint density at radius 3 is 2.55 bits per heavy atom. The molecule has 2 unspecified atom stereocenters. The molecule has 13 heteroatoms. The van der Waals surface area contributed by atoms with Crippen molar-refractivity contribution in [3.63, 3.8) is 0 Å². The van der Waals surface area contributed by atoms with Gasteiger partial charge in [-0.3, -0.25) is 20.0 Å². The highest BCUT2D eigenvalue weighted by molar-refractivity contribution is 7.99. The summed E-state index contributed by atoms with van der Waals surface area (Å²) < 4.78 is 25.9. The van der Waals surface area contributed by atoms with E-state index < -0.39 is 21.5 Å². The number of thioether (sulfide) groups is 1. The number of carbonyl (C=O) groups is 2. The Balaban J connectivity index is 1.64. The number of dihydropyridines is 1. The monoisotopic (exact) mass is 557 g/mol. The van der Waals surface area contributed by atoms with Crippen LogP contribution in [0.15, 0.2) is 50.9 Å². The number of allylic oxidation sites excluding steroid dienone is 1. The minimum absolute atomic E-state index is 0.0801. The summed E-state index contributed by atoms with van der Waals surface area (Å²) >= 11 is 1.50. The van der Waals surface area contributed by atoms with Crippen LogP contribution >= 0.6 is 11.8 Å². The van der Waals surface area contributed by atoms with Crippen molar-refractivity contribution in [2.75, 3.05) is 33.4 Å². The molecule has 38 heavy (non-hydrogen) atoms. The maximum atomic E-state index is 12.9. The number of rotatable bonds is 7. The van der Waals surface area contributed by atoms with Crippen molar-refractivity contribution in [2.45, 2.75) is 41.9 Å². The van der Waals surface area contributed by atoms with Gasteiger partial charge in [0.15, 0.2) is 0 Å². The fourth-order valence-corrected chi connectivity index (χ4v) is 6.09. The van der Waals surface area contributed by atoms with Gasteiger partial charge < -0.3 is 4.90 Å². The number of piperidine rings is 1. The number of nitrogens with one attached hydrogen (secondary N) is 1. The molecule has 0 radical (unpaired) electrons. The maximum Gasteiger partial charge on any atom is 0.262 e. The van der Waals surface area contributed by atoms with Crippen LogP contribution < -0.4 is 5.43 Å². The summed E-state index contributed by atoms with van der Waals surface area (Å²) in [6.07, 6.45) is 6.39. The average molecular weight is 558 g/mol. The van der Waals surface area contributed by atoms with E-state index in [2.05, 4.69) is 21.5 Å². The maximum absolute atomic E-state index is 12.9. The summed E-state index contributed by atoms with van der Waals surface area (Å²) in [6, 6.07) is 8.40. The summed E-state index contributed by atoms with van der Waals surface area (Å²) in [5.74, 6) is -0.710. The third kappa shape index (κ3) is 5.08. The molecule has 0 bridgehead atoms. The lowest BCUT2D eigenvalue weighted by atomic mass is 9.83. The summed E-state index contributed by atoms with van der Waals surface area (Å²) in [4.78, 5) is 36.2. The number of nitrogens with zero attached hydrogens (tertiary/aromatic N) is 6. The van der Waals surface area contributed by atoms with Crippen molar-refractivity contribution in [1.82, 2.24) is 19.6 Å². The van der Waals surface area contributed by atoms with Gasteiger partial charge in [0.1, 0.15) is 11.8 Å². The molecule has 3 aliphatic heterocycles. The largest absolute Gasteiger partial charge is 0.342 e. The Morgan fingerprint density at radius 1 is 1.32 bits per heavy atom. The summed E-state index contributed by atoms with van der Waals surface area (Å²) in [5, 5.41) is 11.5. The first kappa shape index (κ1) is 27.8. The molecule has 202 valence electrons. The topological polar surface area (TPSA) is 139 Å². The van der Waals surface area contributed by atoms with E-state index in [-0.39, 0.29) is 28.4 Å². The molecule has 1 aromatic carbocycles. The summed E-state index contributed by atoms with van der Waals surface area (Å²) in [5.41, 5.74) is 3.75. The lowest BCUT2D eigenvalue weighted by Gasteiger charge is -2.47. The molecular weight excluding hydrogens is 526 g/mol. The summed E-state index contributed by atoms with van der Waals surface area (Å²) in [6.45, 7) is 2.88. The molecule has 2 amide bonds. The van der Waals surface area contributed by atoms with Crippen LogP contribution in [0.1, 0.15) is 26.2 Å². The van der Waals surface area contributed by atoms with Crippen molar-refractivity contribution in [1.29, 1.82) is 5.26 Å². The molecule has 3 heterocycles. The number of nitriles is 1. The number of likely N-dealkylation sites (tertiary alicyclic amines) is 1. The van der Waals surface area contributed by atoms with Crippen LogP contribution in [0.3, 0.4) is 0 Å². The van der Waals surface area contributed by atoms with Gasteiger partial charge in [-0.2, -0.15) is 17.0 Å². The lowest BCUT2D eigenvalue weighted by Crippen LogP contribution is -2.58. The van der Waals surface area contributed by atoms with Gasteiger partial charge >= 0.3 is 0 Å². The molecule has 0 spiro atoms. The first-order valence-electron chi connectivity index (χ1n) is 12.2. The van der Waals surface area contributed by atoms with E-state index in [1.54, 1.807) is 18.2 Å². The average Bonchev–Trinajstić information content (AvgIpc) is 3.28. The van der Waals surface area contributed by atoms with Crippen molar-refractivity contribution in [3.05, 3.63) is 36.0 Å². The molecule has 4 rings (SSSR count). The van der Waals surface area contributed by atoms with Gasteiger partial charge in [-0.05, 0) is 56.4 Å². The second-order valence-electron chi connectivity index (χ2n) is 9.63. The number of amidine groups is 1. The number of hydrogen-bond donors (Lipinski definition) is 1. The van der Waals surface area contributed by atoms with Crippen LogP contribution in [0, 0.1) is 17.2 Å². The van der Waals surface area contributed by atoms with Crippen molar-refractivity contribution in [2.24, 2.45) is 15.9 Å². The molecule has 0 aromatic heterocycles. The van der Waals surface area contributed by atoms with Crippen molar-refractivity contribution in [3.8, 4) is 6.07 Å². The number of carbonyl (C=O) groups excluding carboxylic acids is 2. The fraction of sp³-hybridized carbons (Fsp3) is 0.480. The first-order valence-corrected chi connectivity index (χ1v) is 14.9. The smallest absolute Gasteiger partial charge is 0.262 e. The second-order valence-corrected chi connectivity index (χ2v) is 13.0. The van der Waals surface area contributed by atoms with Gasteiger partial charge in [-0.1, -0.05) is 0 Å². The number of hydrogen-bond acceptors (Lipinski definition) is 8. The molecule has 1 aromatic rings. The minimum Gasteiger partial charge on any atom is -0.342 e. The second kappa shape index (κ2) is 10.9. The number of benzene rings is 1. The van der Waals surface area contributed by atoms with E-state index in [1.165, 1.54) is 44.2 Å². The Morgan fingerprint density at radius 2 is 1.97 bits per heavy atom. The molecule has 3 aliphatic rings. The lowest BCUT2D eigenvalue weighted by molar-refractivity contribution is -0.133. The Bertz CT molecular complexity index is 1340. The van der Waals surface area contributed by atoms with Crippen LogP contribution in [-0.2, 0) is 19.6 Å². The van der Waals surface area contributed by atoms with E-state index in [4.69, 9.17) is 0 Å². The van der Waals surface area contributed by atoms with E-state index in [9.17, 15) is 23.3 Å². The highest BCUT2D eigenvalue weighted by atomic mass is 32.2. The molecule has 0 saturated carbocycles. The zero-order valence-corrected chi connectivity index (χ0v) is 23.4. The van der Waals surface area contributed by atoms with Gasteiger partial charge in [0.05, 0.1) is 39.6 Å². The highest BCUT2D eigenvalue weighted by Crippen LogP contribution is 2.40. The van der Waals surface area contributed by atoms with E-state index >= 15 is 0 Å².